The number of aryl methyl sites for hydroxylation is 2. The van der Waals surface area contributed by atoms with Gasteiger partial charge in [-0.2, -0.15) is 0 Å². The van der Waals surface area contributed by atoms with E-state index in [1.165, 1.54) is 5.56 Å². The highest BCUT2D eigenvalue weighted by Crippen LogP contribution is 2.14. The van der Waals surface area contributed by atoms with E-state index >= 15 is 0 Å². The van der Waals surface area contributed by atoms with Crippen molar-refractivity contribution in [2.45, 2.75) is 46.2 Å². The third-order valence-electron chi connectivity index (χ3n) is 3.34. The molecular weight excluding hydrogens is 326 g/mol. The number of aromatic nitrogens is 2. The molecule has 5 nitrogen and oxygen atoms in total. The second-order valence-electron chi connectivity index (χ2n) is 4.94. The van der Waals surface area contributed by atoms with Gasteiger partial charge in [0.05, 0.1) is 6.61 Å². The maximum absolute atomic E-state index is 11.7. The summed E-state index contributed by atoms with van der Waals surface area (Å²) in [5.41, 5.74) is 7.12. The van der Waals surface area contributed by atoms with Crippen molar-refractivity contribution >= 4 is 17.6 Å². The van der Waals surface area contributed by atoms with Gasteiger partial charge in [0, 0.05) is 24.0 Å². The molecule has 2 rings (SSSR count). The molecule has 1 aromatic heterocycles. The van der Waals surface area contributed by atoms with Gasteiger partial charge in [-0.1, -0.05) is 37.6 Å². The fourth-order valence-corrected chi connectivity index (χ4v) is 2.36. The third kappa shape index (κ3) is 5.98. The SMILES string of the molecule is CC.CCOC(=O)C(N)c1nccn1CCCc1ccc(Cl)cc1. The Bertz CT molecular complexity index is 611. The van der Waals surface area contributed by atoms with E-state index in [2.05, 4.69) is 4.98 Å². The van der Waals surface area contributed by atoms with E-state index in [0.29, 0.717) is 12.4 Å². The Balaban J connectivity index is 0.00000139. The summed E-state index contributed by atoms with van der Waals surface area (Å²) in [6, 6.07) is 6.96. The van der Waals surface area contributed by atoms with Crippen LogP contribution in [0.3, 0.4) is 0 Å². The van der Waals surface area contributed by atoms with Crippen LogP contribution in [0.2, 0.25) is 5.02 Å². The first-order chi connectivity index (χ1) is 11.6. The summed E-state index contributed by atoms with van der Waals surface area (Å²) in [6.07, 6.45) is 5.32. The van der Waals surface area contributed by atoms with E-state index in [4.69, 9.17) is 22.1 Å². The molecule has 0 amide bonds. The lowest BCUT2D eigenvalue weighted by atomic mass is 10.1. The fourth-order valence-electron chi connectivity index (χ4n) is 2.23. The topological polar surface area (TPSA) is 70.1 Å². The van der Waals surface area contributed by atoms with Gasteiger partial charge in [-0.25, -0.2) is 9.78 Å². The van der Waals surface area contributed by atoms with Crippen LogP contribution in [-0.4, -0.2) is 22.1 Å². The summed E-state index contributed by atoms with van der Waals surface area (Å²) in [5.74, 6) is 0.0854. The number of nitrogens with two attached hydrogens (primary N) is 1. The number of imidazole rings is 1. The van der Waals surface area contributed by atoms with Crippen molar-refractivity contribution in [2.75, 3.05) is 6.61 Å². The van der Waals surface area contributed by atoms with Crippen LogP contribution in [0.25, 0.3) is 0 Å². The van der Waals surface area contributed by atoms with Gasteiger partial charge in [0.2, 0.25) is 0 Å². The van der Waals surface area contributed by atoms with Gasteiger partial charge in [0.15, 0.2) is 6.04 Å². The van der Waals surface area contributed by atoms with Gasteiger partial charge in [0.1, 0.15) is 5.82 Å². The molecule has 0 aliphatic carbocycles. The summed E-state index contributed by atoms with van der Waals surface area (Å²) < 4.78 is 6.84. The molecule has 6 heteroatoms. The van der Waals surface area contributed by atoms with Crippen molar-refractivity contribution in [1.82, 2.24) is 9.55 Å². The minimum atomic E-state index is -0.842. The maximum Gasteiger partial charge on any atom is 0.330 e. The highest BCUT2D eigenvalue weighted by Gasteiger charge is 2.21. The van der Waals surface area contributed by atoms with Crippen LogP contribution in [0.5, 0.6) is 0 Å². The number of hydrogen-bond donors (Lipinski definition) is 1. The van der Waals surface area contributed by atoms with Crippen LogP contribution in [0, 0.1) is 0 Å². The number of nitrogens with zero attached hydrogens (tertiary/aromatic N) is 2. The molecule has 132 valence electrons. The van der Waals surface area contributed by atoms with E-state index in [1.54, 1.807) is 13.1 Å². The van der Waals surface area contributed by atoms with Gasteiger partial charge < -0.3 is 15.0 Å². The summed E-state index contributed by atoms with van der Waals surface area (Å²) in [4.78, 5) is 15.9. The normalized spacial score (nSPS) is 11.4. The van der Waals surface area contributed by atoms with Crippen LogP contribution < -0.4 is 5.73 Å². The first-order valence-corrected chi connectivity index (χ1v) is 8.67. The zero-order chi connectivity index (χ0) is 17.9. The van der Waals surface area contributed by atoms with Crippen LogP contribution >= 0.6 is 11.6 Å². The summed E-state index contributed by atoms with van der Waals surface area (Å²) in [7, 11) is 0. The van der Waals surface area contributed by atoms with Gasteiger partial charge >= 0.3 is 5.97 Å². The second kappa shape index (κ2) is 10.8. The standard InChI is InChI=1S/C16H20ClN3O2.C2H6/c1-2-22-16(21)14(18)15-19-9-11-20(15)10-3-4-12-5-7-13(17)8-6-12;1-2/h5-9,11,14H,2-4,10,18H2,1H3;1-2H3. The van der Waals surface area contributed by atoms with Crippen molar-refractivity contribution < 1.29 is 9.53 Å². The first-order valence-electron chi connectivity index (χ1n) is 8.29. The number of esters is 1. The monoisotopic (exact) mass is 351 g/mol. The zero-order valence-electron chi connectivity index (χ0n) is 14.5. The first kappa shape index (κ1) is 20.2. The Kier molecular flexibility index (Phi) is 9.12. The summed E-state index contributed by atoms with van der Waals surface area (Å²) in [6.45, 7) is 6.80. The molecule has 0 radical (unpaired) electrons. The number of carbonyl (C=O) groups excluding carboxylic acids is 1. The van der Waals surface area contributed by atoms with Gasteiger partial charge in [-0.15, -0.1) is 0 Å². The van der Waals surface area contributed by atoms with E-state index in [0.717, 1.165) is 24.4 Å². The molecule has 1 unspecified atom stereocenters. The summed E-state index contributed by atoms with van der Waals surface area (Å²) >= 11 is 5.87. The molecule has 0 fully saturated rings. The maximum atomic E-state index is 11.7. The van der Waals surface area contributed by atoms with E-state index in [-0.39, 0.29) is 0 Å². The minimum absolute atomic E-state index is 0.309. The molecular formula is C18H26ClN3O2. The minimum Gasteiger partial charge on any atom is -0.464 e. The predicted octanol–water partition coefficient (Wildman–Crippen LogP) is 3.76. The number of rotatable bonds is 7. The summed E-state index contributed by atoms with van der Waals surface area (Å²) in [5, 5.41) is 0.737. The van der Waals surface area contributed by atoms with Crippen molar-refractivity contribution in [3.63, 3.8) is 0 Å². The second-order valence-corrected chi connectivity index (χ2v) is 5.38. The van der Waals surface area contributed by atoms with Gasteiger partial charge in [0.25, 0.3) is 0 Å². The average Bonchev–Trinajstić information content (AvgIpc) is 3.06. The molecule has 0 bridgehead atoms. The number of benzene rings is 1. The molecule has 24 heavy (non-hydrogen) atoms. The fraction of sp³-hybridized carbons (Fsp3) is 0.444. The zero-order valence-corrected chi connectivity index (χ0v) is 15.3. The molecule has 1 aromatic carbocycles. The van der Waals surface area contributed by atoms with Crippen molar-refractivity contribution in [3.8, 4) is 0 Å². The van der Waals surface area contributed by atoms with Crippen molar-refractivity contribution in [1.29, 1.82) is 0 Å². The van der Waals surface area contributed by atoms with Crippen LogP contribution in [-0.2, 0) is 22.5 Å². The van der Waals surface area contributed by atoms with E-state index < -0.39 is 12.0 Å². The molecule has 0 aliphatic heterocycles. The molecule has 1 atom stereocenters. The Labute approximate surface area is 148 Å². The lowest BCUT2D eigenvalue weighted by molar-refractivity contribution is -0.145. The van der Waals surface area contributed by atoms with E-state index in [9.17, 15) is 4.79 Å². The number of carbonyl (C=O) groups is 1. The average molecular weight is 352 g/mol. The molecule has 1 heterocycles. The van der Waals surface area contributed by atoms with Crippen molar-refractivity contribution in [3.05, 3.63) is 53.1 Å². The molecule has 2 aromatic rings. The molecule has 0 spiro atoms. The highest BCUT2D eigenvalue weighted by molar-refractivity contribution is 6.30. The Morgan fingerprint density at radius 3 is 2.62 bits per heavy atom. The Hall–Kier alpha value is -1.85. The van der Waals surface area contributed by atoms with Gasteiger partial charge in [-0.05, 0) is 37.5 Å². The van der Waals surface area contributed by atoms with Crippen LogP contribution in [0.1, 0.15) is 44.6 Å². The molecule has 2 N–H and O–H groups in total. The largest absolute Gasteiger partial charge is 0.464 e. The quantitative estimate of drug-likeness (QED) is 0.771. The molecule has 0 saturated heterocycles. The number of halogens is 1. The molecule has 0 aliphatic rings. The molecule has 0 saturated carbocycles. The lowest BCUT2D eigenvalue weighted by Gasteiger charge is -2.13. The predicted molar refractivity (Wildman–Crippen MR) is 96.9 cm³/mol. The third-order valence-corrected chi connectivity index (χ3v) is 3.60. The van der Waals surface area contributed by atoms with Crippen LogP contribution in [0.15, 0.2) is 36.7 Å². The Morgan fingerprint density at radius 1 is 1.33 bits per heavy atom. The number of hydrogen-bond acceptors (Lipinski definition) is 4. The van der Waals surface area contributed by atoms with E-state index in [1.807, 2.05) is 48.9 Å². The lowest BCUT2D eigenvalue weighted by Crippen LogP contribution is -2.27. The van der Waals surface area contributed by atoms with Crippen LogP contribution in [0.4, 0.5) is 0 Å². The highest BCUT2D eigenvalue weighted by atomic mass is 35.5. The van der Waals surface area contributed by atoms with Gasteiger partial charge in [-0.3, -0.25) is 0 Å². The Morgan fingerprint density at radius 2 is 2.00 bits per heavy atom. The van der Waals surface area contributed by atoms with Crippen molar-refractivity contribution in [2.24, 2.45) is 5.73 Å². The smallest absolute Gasteiger partial charge is 0.330 e. The number of ether oxygens (including phenoxy) is 1.